The average molecular weight is 596 g/mol. The molecule has 0 spiro atoms. The van der Waals surface area contributed by atoms with Gasteiger partial charge in [0.2, 0.25) is 29.5 Å². The number of cyclic esters (lactones) is 1. The van der Waals surface area contributed by atoms with Crippen LogP contribution in [0, 0.1) is 17.8 Å². The summed E-state index contributed by atoms with van der Waals surface area (Å²) in [7, 11) is 0. The first kappa shape index (κ1) is 36.8. The van der Waals surface area contributed by atoms with Gasteiger partial charge in [-0.1, -0.05) is 67.7 Å². The lowest BCUT2D eigenvalue weighted by molar-refractivity contribution is -0.156. The third-order valence-corrected chi connectivity index (χ3v) is 7.10. The van der Waals surface area contributed by atoms with Gasteiger partial charge in [-0.25, -0.2) is 4.79 Å². The third kappa shape index (κ3) is 13.2. The van der Waals surface area contributed by atoms with Crippen molar-refractivity contribution >= 4 is 35.5 Å². The molecule has 1 rings (SSSR count). The summed E-state index contributed by atoms with van der Waals surface area (Å²) in [5.74, 6) is -4.04. The van der Waals surface area contributed by atoms with Gasteiger partial charge in [-0.15, -0.1) is 0 Å². The molecule has 1 unspecified atom stereocenters. The fraction of sp³-hybridized carbons (Fsp3) is 0.800. The van der Waals surface area contributed by atoms with E-state index in [0.717, 1.165) is 25.7 Å². The van der Waals surface area contributed by atoms with E-state index in [0.29, 0.717) is 12.8 Å². The highest BCUT2D eigenvalue weighted by Crippen LogP contribution is 2.15. The normalized spacial score (nSPS) is 25.9. The predicted molar refractivity (Wildman–Crippen MR) is 159 cm³/mol. The molecule has 1 aliphatic heterocycles. The van der Waals surface area contributed by atoms with Gasteiger partial charge in [0.15, 0.2) is 0 Å². The van der Waals surface area contributed by atoms with Crippen molar-refractivity contribution in [2.75, 3.05) is 6.54 Å². The summed E-state index contributed by atoms with van der Waals surface area (Å²) in [6.07, 6.45) is 3.51. The number of nitrogens with one attached hydrogen (secondary N) is 5. The number of amides is 5. The largest absolute Gasteiger partial charge is 0.460 e. The van der Waals surface area contributed by atoms with E-state index in [9.17, 15) is 28.8 Å². The van der Waals surface area contributed by atoms with E-state index < -0.39 is 65.8 Å². The molecule has 0 aromatic heterocycles. The minimum absolute atomic E-state index is 0.0316. The highest BCUT2D eigenvalue weighted by atomic mass is 16.5. The molecular weight excluding hydrogens is 542 g/mol. The van der Waals surface area contributed by atoms with Crippen LogP contribution < -0.4 is 26.6 Å². The van der Waals surface area contributed by atoms with E-state index in [1.54, 1.807) is 27.7 Å². The molecule has 1 saturated heterocycles. The fourth-order valence-electron chi connectivity index (χ4n) is 4.58. The molecule has 0 saturated carbocycles. The quantitative estimate of drug-likeness (QED) is 0.199. The number of unbranched alkanes of at least 4 members (excludes halogenated alkanes) is 3. The Labute approximate surface area is 250 Å². The molecule has 1 aliphatic rings. The molecule has 5 atom stereocenters. The minimum atomic E-state index is -1.02. The molecule has 0 radical (unpaired) electrons. The number of carbonyl (C=O) groups is 6. The van der Waals surface area contributed by atoms with E-state index in [1.165, 1.54) is 6.92 Å². The van der Waals surface area contributed by atoms with Gasteiger partial charge in [0, 0.05) is 0 Å². The first-order valence-corrected chi connectivity index (χ1v) is 15.3. The summed E-state index contributed by atoms with van der Waals surface area (Å²) in [6, 6.07) is -3.95. The van der Waals surface area contributed by atoms with Crippen molar-refractivity contribution in [3.05, 3.63) is 0 Å². The number of hydrogen-bond acceptors (Lipinski definition) is 7. The zero-order valence-corrected chi connectivity index (χ0v) is 26.6. The number of ether oxygens (including phenoxy) is 1. The Balaban J connectivity index is 3.33. The van der Waals surface area contributed by atoms with Crippen LogP contribution in [0.3, 0.4) is 0 Å². The van der Waals surface area contributed by atoms with E-state index >= 15 is 0 Å². The summed E-state index contributed by atoms with van der Waals surface area (Å²) in [4.78, 5) is 78.2. The van der Waals surface area contributed by atoms with Crippen molar-refractivity contribution in [3.63, 3.8) is 0 Å². The van der Waals surface area contributed by atoms with Gasteiger partial charge in [0.05, 0.1) is 13.0 Å². The number of carbonyl (C=O) groups excluding carboxylic acids is 6. The first-order valence-electron chi connectivity index (χ1n) is 15.3. The number of rotatable bonds is 9. The average Bonchev–Trinajstić information content (AvgIpc) is 2.89. The van der Waals surface area contributed by atoms with Crippen molar-refractivity contribution in [1.29, 1.82) is 0 Å². The lowest BCUT2D eigenvalue weighted by atomic mass is 9.99. The van der Waals surface area contributed by atoms with E-state index in [4.69, 9.17) is 4.74 Å². The van der Waals surface area contributed by atoms with Gasteiger partial charge in [-0.05, 0) is 43.9 Å². The molecule has 12 heteroatoms. The van der Waals surface area contributed by atoms with Gasteiger partial charge in [0.25, 0.3) is 0 Å². The van der Waals surface area contributed by atoms with Gasteiger partial charge < -0.3 is 31.3 Å². The topological polar surface area (TPSA) is 172 Å². The SMILES string of the molecule is CCCCCCC1CC(=O)NCC(=O)N[C@@H](C(C)C)C(=O)N[C@@H](CC(C)C)C(=O)N[C@@H](C)C(=O)N[C@@H](C(C)C)C(=O)O1. The molecule has 5 N–H and O–H groups in total. The van der Waals surface area contributed by atoms with Crippen LogP contribution in [-0.2, 0) is 33.5 Å². The van der Waals surface area contributed by atoms with Crippen LogP contribution in [0.1, 0.15) is 100 Å². The van der Waals surface area contributed by atoms with Gasteiger partial charge >= 0.3 is 5.97 Å². The number of esters is 1. The molecule has 12 nitrogen and oxygen atoms in total. The Hall–Kier alpha value is -3.18. The highest BCUT2D eigenvalue weighted by Gasteiger charge is 2.33. The maximum Gasteiger partial charge on any atom is 0.329 e. The highest BCUT2D eigenvalue weighted by molar-refractivity contribution is 5.95. The summed E-state index contributed by atoms with van der Waals surface area (Å²) < 4.78 is 5.74. The second kappa shape index (κ2) is 18.4. The molecule has 42 heavy (non-hydrogen) atoms. The molecule has 240 valence electrons. The first-order chi connectivity index (χ1) is 19.7. The summed E-state index contributed by atoms with van der Waals surface area (Å²) >= 11 is 0. The van der Waals surface area contributed by atoms with E-state index in [2.05, 4.69) is 33.5 Å². The molecule has 1 heterocycles. The van der Waals surface area contributed by atoms with Crippen LogP contribution in [0.25, 0.3) is 0 Å². The summed E-state index contributed by atoms with van der Waals surface area (Å²) in [6.45, 7) is 14.0. The zero-order chi connectivity index (χ0) is 32.0. The van der Waals surface area contributed by atoms with Crippen LogP contribution in [0.4, 0.5) is 0 Å². The molecule has 0 aromatic rings. The lowest BCUT2D eigenvalue weighted by Gasteiger charge is -2.27. The Kier molecular flexibility index (Phi) is 16.1. The van der Waals surface area contributed by atoms with Crippen LogP contribution in [0.2, 0.25) is 0 Å². The van der Waals surface area contributed by atoms with Crippen LogP contribution in [0.15, 0.2) is 0 Å². The second-order valence-corrected chi connectivity index (χ2v) is 12.3. The standard InChI is InChI=1S/C30H53N5O7/c1-9-10-11-12-13-21-15-23(36)31-16-24(37)34-25(18(4)5)29(40)33-22(14-17(2)3)28(39)32-20(8)27(38)35-26(19(6)7)30(41)42-21/h17-22,25-26H,9-16H2,1-8H3,(H,31,36)(H,32,39)(H,33,40)(H,34,37)(H,35,38)/t20-,21?,22-,25-,26-/m0/s1. The Morgan fingerprint density at radius 3 is 1.95 bits per heavy atom. The fourth-order valence-corrected chi connectivity index (χ4v) is 4.58. The predicted octanol–water partition coefficient (Wildman–Crippen LogP) is 1.71. The monoisotopic (exact) mass is 595 g/mol. The summed E-state index contributed by atoms with van der Waals surface area (Å²) in [5.41, 5.74) is 0. The molecular formula is C30H53N5O7. The molecule has 0 aromatic carbocycles. The van der Waals surface area contributed by atoms with Crippen LogP contribution in [0.5, 0.6) is 0 Å². The van der Waals surface area contributed by atoms with Crippen molar-refractivity contribution in [2.24, 2.45) is 17.8 Å². The van der Waals surface area contributed by atoms with Gasteiger partial charge in [0.1, 0.15) is 30.3 Å². The van der Waals surface area contributed by atoms with E-state index in [1.807, 2.05) is 13.8 Å². The van der Waals surface area contributed by atoms with Crippen LogP contribution >= 0.6 is 0 Å². The maximum absolute atomic E-state index is 13.2. The van der Waals surface area contributed by atoms with Crippen molar-refractivity contribution in [1.82, 2.24) is 26.6 Å². The third-order valence-electron chi connectivity index (χ3n) is 7.10. The smallest absolute Gasteiger partial charge is 0.329 e. The van der Waals surface area contributed by atoms with Crippen molar-refractivity contribution in [2.45, 2.75) is 131 Å². The molecule has 0 aliphatic carbocycles. The molecule has 5 amide bonds. The second-order valence-electron chi connectivity index (χ2n) is 12.3. The van der Waals surface area contributed by atoms with Crippen molar-refractivity contribution < 1.29 is 33.5 Å². The molecule has 0 bridgehead atoms. The van der Waals surface area contributed by atoms with Gasteiger partial charge in [-0.2, -0.15) is 0 Å². The van der Waals surface area contributed by atoms with Gasteiger partial charge in [-0.3, -0.25) is 24.0 Å². The Morgan fingerprint density at radius 2 is 1.38 bits per heavy atom. The number of hydrogen-bond donors (Lipinski definition) is 5. The minimum Gasteiger partial charge on any atom is -0.460 e. The maximum atomic E-state index is 13.2. The van der Waals surface area contributed by atoms with Crippen molar-refractivity contribution in [3.8, 4) is 0 Å². The van der Waals surface area contributed by atoms with E-state index in [-0.39, 0.29) is 30.7 Å². The Bertz CT molecular complexity index is 937. The molecule has 1 fully saturated rings. The zero-order valence-electron chi connectivity index (χ0n) is 26.6. The lowest BCUT2D eigenvalue weighted by Crippen LogP contribution is -2.58. The van der Waals surface area contributed by atoms with Crippen LogP contribution in [-0.4, -0.2) is 72.3 Å². The summed E-state index contributed by atoms with van der Waals surface area (Å²) in [5, 5.41) is 13.2. The Morgan fingerprint density at radius 1 is 0.738 bits per heavy atom.